The van der Waals surface area contributed by atoms with Crippen molar-refractivity contribution in [2.45, 2.75) is 43.8 Å². The Morgan fingerprint density at radius 2 is 1.76 bits per heavy atom. The largest absolute Gasteiger partial charge is 0.382 e. The number of hydrogen-bond acceptors (Lipinski definition) is 4. The van der Waals surface area contributed by atoms with Gasteiger partial charge >= 0.3 is 0 Å². The van der Waals surface area contributed by atoms with E-state index in [4.69, 9.17) is 0 Å². The van der Waals surface area contributed by atoms with E-state index in [1.165, 1.54) is 19.1 Å². The molecule has 0 radical (unpaired) electrons. The zero-order valence-corrected chi connectivity index (χ0v) is 13.4. The van der Waals surface area contributed by atoms with E-state index in [9.17, 15) is 8.42 Å². The van der Waals surface area contributed by atoms with Crippen LogP contribution in [-0.4, -0.2) is 44.7 Å². The molecule has 2 aliphatic rings. The molecule has 21 heavy (non-hydrogen) atoms. The lowest BCUT2D eigenvalue weighted by atomic mass is 9.98. The molecule has 6 heteroatoms. The number of nitrogens with zero attached hydrogens (tertiary/aromatic N) is 1. The van der Waals surface area contributed by atoms with Gasteiger partial charge in [-0.2, -0.15) is 0 Å². The van der Waals surface area contributed by atoms with Crippen LogP contribution in [0, 0.1) is 0 Å². The van der Waals surface area contributed by atoms with E-state index in [1.807, 2.05) is 18.2 Å². The highest BCUT2D eigenvalue weighted by Crippen LogP contribution is 2.35. The highest BCUT2D eigenvalue weighted by atomic mass is 32.2. The number of hydrogen-bond donors (Lipinski definition) is 2. The minimum atomic E-state index is -3.23. The maximum atomic E-state index is 11.3. The lowest BCUT2D eigenvalue weighted by molar-refractivity contribution is 0.169. The van der Waals surface area contributed by atoms with Gasteiger partial charge in [-0.15, -0.1) is 0 Å². The average Bonchev–Trinajstić information content (AvgIpc) is 2.60. The summed E-state index contributed by atoms with van der Waals surface area (Å²) < 4.78 is 25.1. The molecule has 2 heterocycles. The SMILES string of the molecule is CN1C2CCC1CC(Nc1cccc(NS(C)(=O)=O)c1)C2. The minimum Gasteiger partial charge on any atom is -0.382 e. The summed E-state index contributed by atoms with van der Waals surface area (Å²) in [5.41, 5.74) is 1.59. The normalized spacial score (nSPS) is 29.3. The van der Waals surface area contributed by atoms with Gasteiger partial charge in [0.15, 0.2) is 0 Å². The monoisotopic (exact) mass is 309 g/mol. The van der Waals surface area contributed by atoms with Gasteiger partial charge in [0.1, 0.15) is 0 Å². The molecule has 2 fully saturated rings. The summed E-state index contributed by atoms with van der Waals surface area (Å²) in [5.74, 6) is 0. The molecule has 0 aromatic heterocycles. The topological polar surface area (TPSA) is 61.4 Å². The first-order chi connectivity index (χ1) is 9.90. The highest BCUT2D eigenvalue weighted by molar-refractivity contribution is 7.92. The molecule has 2 N–H and O–H groups in total. The van der Waals surface area contributed by atoms with Gasteiger partial charge in [-0.05, 0) is 50.9 Å². The predicted octanol–water partition coefficient (Wildman–Crippen LogP) is 2.10. The van der Waals surface area contributed by atoms with Gasteiger partial charge in [0, 0.05) is 23.8 Å². The van der Waals surface area contributed by atoms with Crippen LogP contribution in [0.4, 0.5) is 11.4 Å². The molecular weight excluding hydrogens is 286 g/mol. The van der Waals surface area contributed by atoms with Gasteiger partial charge in [0.05, 0.1) is 11.9 Å². The van der Waals surface area contributed by atoms with E-state index in [2.05, 4.69) is 22.0 Å². The number of piperidine rings is 1. The summed E-state index contributed by atoms with van der Waals surface area (Å²) in [6.07, 6.45) is 6.10. The molecule has 2 aliphatic heterocycles. The summed E-state index contributed by atoms with van der Waals surface area (Å²) >= 11 is 0. The molecule has 0 amide bonds. The third-order valence-electron chi connectivity index (χ3n) is 4.63. The van der Waals surface area contributed by atoms with Crippen LogP contribution >= 0.6 is 0 Å². The highest BCUT2D eigenvalue weighted by Gasteiger charge is 2.38. The second kappa shape index (κ2) is 5.50. The summed E-state index contributed by atoms with van der Waals surface area (Å²) in [6, 6.07) is 9.36. The fraction of sp³-hybridized carbons (Fsp3) is 0.600. The first-order valence-electron chi connectivity index (χ1n) is 7.47. The van der Waals surface area contributed by atoms with E-state index in [0.29, 0.717) is 23.8 Å². The Hall–Kier alpha value is -1.27. The molecule has 2 unspecified atom stereocenters. The van der Waals surface area contributed by atoms with Gasteiger partial charge in [-0.25, -0.2) is 8.42 Å². The van der Waals surface area contributed by atoms with Gasteiger partial charge in [0.2, 0.25) is 10.0 Å². The fourth-order valence-corrected chi connectivity index (χ4v) is 4.21. The standard InChI is InChI=1S/C15H23N3O2S/c1-18-14-6-7-15(18)10-13(9-14)16-11-4-3-5-12(8-11)17-21(2,19)20/h3-5,8,13-17H,6-7,9-10H2,1-2H3. The summed E-state index contributed by atoms with van der Waals surface area (Å²) in [6.45, 7) is 0. The fourth-order valence-electron chi connectivity index (χ4n) is 3.65. The number of nitrogens with one attached hydrogen (secondary N) is 2. The average molecular weight is 309 g/mol. The van der Waals surface area contributed by atoms with E-state index in [-0.39, 0.29) is 0 Å². The van der Waals surface area contributed by atoms with E-state index in [0.717, 1.165) is 18.5 Å². The number of rotatable bonds is 4. The first kappa shape index (κ1) is 14.7. The van der Waals surface area contributed by atoms with Crippen LogP contribution in [0.1, 0.15) is 25.7 Å². The van der Waals surface area contributed by atoms with Crippen molar-refractivity contribution in [1.29, 1.82) is 0 Å². The van der Waals surface area contributed by atoms with Crippen molar-refractivity contribution in [3.8, 4) is 0 Å². The quantitative estimate of drug-likeness (QED) is 0.894. The number of anilines is 2. The van der Waals surface area contributed by atoms with Crippen LogP contribution < -0.4 is 10.0 Å². The van der Waals surface area contributed by atoms with Crippen LogP contribution in [0.25, 0.3) is 0 Å². The zero-order valence-electron chi connectivity index (χ0n) is 12.5. The van der Waals surface area contributed by atoms with Crippen LogP contribution in [-0.2, 0) is 10.0 Å². The second-order valence-corrected chi connectivity index (χ2v) is 8.07. The molecule has 2 atom stereocenters. The van der Waals surface area contributed by atoms with Crippen LogP contribution in [0.5, 0.6) is 0 Å². The molecule has 0 spiro atoms. The van der Waals surface area contributed by atoms with Gasteiger partial charge in [-0.3, -0.25) is 4.72 Å². The molecular formula is C15H23N3O2S. The van der Waals surface area contributed by atoms with Crippen LogP contribution in [0.15, 0.2) is 24.3 Å². The predicted molar refractivity (Wildman–Crippen MR) is 86.1 cm³/mol. The Balaban J connectivity index is 1.67. The maximum Gasteiger partial charge on any atom is 0.229 e. The van der Waals surface area contributed by atoms with E-state index >= 15 is 0 Å². The molecule has 0 saturated carbocycles. The Morgan fingerprint density at radius 3 is 2.38 bits per heavy atom. The van der Waals surface area contributed by atoms with Crippen molar-refractivity contribution in [2.24, 2.45) is 0 Å². The van der Waals surface area contributed by atoms with Crippen molar-refractivity contribution in [2.75, 3.05) is 23.3 Å². The van der Waals surface area contributed by atoms with Crippen molar-refractivity contribution in [3.05, 3.63) is 24.3 Å². The third-order valence-corrected chi connectivity index (χ3v) is 5.24. The van der Waals surface area contributed by atoms with Gasteiger partial charge in [-0.1, -0.05) is 6.07 Å². The lowest BCUT2D eigenvalue weighted by Gasteiger charge is -2.37. The number of sulfonamides is 1. The van der Waals surface area contributed by atoms with E-state index in [1.54, 1.807) is 6.07 Å². The molecule has 2 saturated heterocycles. The van der Waals surface area contributed by atoms with Gasteiger partial charge in [0.25, 0.3) is 0 Å². The van der Waals surface area contributed by atoms with Crippen molar-refractivity contribution < 1.29 is 8.42 Å². The zero-order chi connectivity index (χ0) is 15.0. The molecule has 116 valence electrons. The molecule has 5 nitrogen and oxygen atoms in total. The van der Waals surface area contributed by atoms with Crippen LogP contribution in [0.2, 0.25) is 0 Å². The molecule has 3 rings (SSSR count). The molecule has 0 aliphatic carbocycles. The maximum absolute atomic E-state index is 11.3. The lowest BCUT2D eigenvalue weighted by Crippen LogP contribution is -2.44. The molecule has 2 bridgehead atoms. The van der Waals surface area contributed by atoms with Crippen molar-refractivity contribution in [1.82, 2.24) is 4.90 Å². The first-order valence-corrected chi connectivity index (χ1v) is 9.36. The minimum absolute atomic E-state index is 0.479. The van der Waals surface area contributed by atoms with Crippen LogP contribution in [0.3, 0.4) is 0 Å². The molecule has 1 aromatic rings. The molecule has 1 aromatic carbocycles. The Kier molecular flexibility index (Phi) is 3.84. The third kappa shape index (κ3) is 3.49. The number of fused-ring (bicyclic) bond motifs is 2. The Bertz CT molecular complexity index is 603. The summed E-state index contributed by atoms with van der Waals surface area (Å²) in [5, 5.41) is 3.57. The van der Waals surface area contributed by atoms with Gasteiger partial charge < -0.3 is 10.2 Å². The van der Waals surface area contributed by atoms with Crippen molar-refractivity contribution in [3.63, 3.8) is 0 Å². The second-order valence-electron chi connectivity index (χ2n) is 6.32. The number of benzene rings is 1. The van der Waals surface area contributed by atoms with Crippen molar-refractivity contribution >= 4 is 21.4 Å². The Morgan fingerprint density at radius 1 is 1.14 bits per heavy atom. The smallest absolute Gasteiger partial charge is 0.229 e. The summed E-state index contributed by atoms with van der Waals surface area (Å²) in [7, 11) is -0.995. The van der Waals surface area contributed by atoms with E-state index < -0.39 is 10.0 Å². The summed E-state index contributed by atoms with van der Waals surface area (Å²) in [4.78, 5) is 2.51. The Labute approximate surface area is 126 Å².